The minimum absolute atomic E-state index is 0.0942. The van der Waals surface area contributed by atoms with E-state index in [1.807, 2.05) is 0 Å². The first-order valence-corrected chi connectivity index (χ1v) is 21.6. The molecule has 11 rings (SSSR count). The number of rotatable bonds is 4. The Kier molecular flexibility index (Phi) is 8.72. The lowest BCUT2D eigenvalue weighted by Gasteiger charge is -2.37. The molecule has 0 saturated carbocycles. The lowest BCUT2D eigenvalue weighted by Crippen LogP contribution is -2.33. The number of fused-ring (bicyclic) bond motifs is 12. The standard InChI is InChI=1S/C57H46N2S/c1-36-21-25-39(26-22-36)54-32-42(33-55(59(54)3)40-27-23-37(2)24-28-40)41-29-30-45-44-15-7-9-17-49(44)57(51(45)31-41)43-34-47(38-13-5-4-6-14-38)56(60)48(35-43)46-16-8-11-19-52(46)58-53-20-12-10-18-50(53)57/h4-23,25-35,37,55,58,60H,24H2,1-3H3. The molecule has 1 spiro atoms. The van der Waals surface area contributed by atoms with Gasteiger partial charge >= 0.3 is 0 Å². The zero-order valence-corrected chi connectivity index (χ0v) is 35.0. The van der Waals surface area contributed by atoms with Crippen LogP contribution in [0.5, 0.6) is 0 Å². The third-order valence-electron chi connectivity index (χ3n) is 13.3. The van der Waals surface area contributed by atoms with Crippen LogP contribution in [0.25, 0.3) is 44.7 Å². The summed E-state index contributed by atoms with van der Waals surface area (Å²) < 4.78 is 0. The van der Waals surface area contributed by atoms with Crippen LogP contribution in [0, 0.1) is 12.8 Å². The highest BCUT2D eigenvalue weighted by Crippen LogP contribution is 2.60. The Morgan fingerprint density at radius 1 is 0.617 bits per heavy atom. The molecule has 7 aromatic rings. The summed E-state index contributed by atoms with van der Waals surface area (Å²) >= 11 is 5.37. The van der Waals surface area contributed by atoms with Gasteiger partial charge in [0, 0.05) is 34.6 Å². The topological polar surface area (TPSA) is 15.3 Å². The molecule has 2 aliphatic heterocycles. The monoisotopic (exact) mass is 790 g/mol. The molecule has 4 aliphatic rings. The van der Waals surface area contributed by atoms with Crippen molar-refractivity contribution in [2.45, 2.75) is 36.6 Å². The first-order chi connectivity index (χ1) is 29.4. The highest BCUT2D eigenvalue weighted by molar-refractivity contribution is 7.80. The van der Waals surface area contributed by atoms with E-state index in [0.29, 0.717) is 5.92 Å². The largest absolute Gasteiger partial charge is 0.364 e. The second kappa shape index (κ2) is 14.3. The Bertz CT molecular complexity index is 2980. The Morgan fingerprint density at radius 2 is 1.28 bits per heavy atom. The maximum Gasteiger partial charge on any atom is 0.0734 e. The van der Waals surface area contributed by atoms with Gasteiger partial charge in [0.1, 0.15) is 0 Å². The number of benzene rings is 7. The molecule has 3 heteroatoms. The fraction of sp³-hybridized carbons (Fsp3) is 0.123. The zero-order valence-electron chi connectivity index (χ0n) is 34.2. The summed E-state index contributed by atoms with van der Waals surface area (Å²) in [5, 5.41) is 3.98. The van der Waals surface area contributed by atoms with Crippen LogP contribution in [0.3, 0.4) is 0 Å². The number of hydrogen-bond acceptors (Lipinski definition) is 3. The predicted octanol–water partition coefficient (Wildman–Crippen LogP) is 14.3. The molecule has 290 valence electrons. The Morgan fingerprint density at radius 3 is 2.07 bits per heavy atom. The van der Waals surface area contributed by atoms with E-state index in [-0.39, 0.29) is 6.04 Å². The predicted molar refractivity (Wildman–Crippen MR) is 255 cm³/mol. The van der Waals surface area contributed by atoms with Crippen LogP contribution in [-0.4, -0.2) is 18.0 Å². The normalized spacial score (nSPS) is 19.7. The molecule has 0 amide bonds. The van der Waals surface area contributed by atoms with Crippen LogP contribution in [0.1, 0.15) is 52.3 Å². The number of nitrogens with zero attached hydrogens (tertiary/aromatic N) is 1. The summed E-state index contributed by atoms with van der Waals surface area (Å²) in [6.45, 7) is 4.46. The highest BCUT2D eigenvalue weighted by atomic mass is 32.1. The van der Waals surface area contributed by atoms with Crippen molar-refractivity contribution in [3.05, 3.63) is 233 Å². The fourth-order valence-electron chi connectivity index (χ4n) is 10.2. The van der Waals surface area contributed by atoms with Crippen molar-refractivity contribution < 1.29 is 0 Å². The van der Waals surface area contributed by atoms with Gasteiger partial charge in [0.25, 0.3) is 0 Å². The van der Waals surface area contributed by atoms with Crippen molar-refractivity contribution in [2.24, 2.45) is 5.92 Å². The van der Waals surface area contributed by atoms with Gasteiger partial charge in [-0.1, -0.05) is 158 Å². The summed E-state index contributed by atoms with van der Waals surface area (Å²) in [4.78, 5) is 3.42. The van der Waals surface area contributed by atoms with Crippen LogP contribution in [0.15, 0.2) is 199 Å². The van der Waals surface area contributed by atoms with E-state index in [0.717, 1.165) is 44.9 Å². The number of hydrogen-bond donors (Lipinski definition) is 2. The third-order valence-corrected chi connectivity index (χ3v) is 13.8. The van der Waals surface area contributed by atoms with Gasteiger partial charge in [0.15, 0.2) is 0 Å². The third kappa shape index (κ3) is 5.71. The molecule has 3 atom stereocenters. The minimum Gasteiger partial charge on any atom is -0.364 e. The molecule has 0 saturated heterocycles. The number of para-hydroxylation sites is 2. The first kappa shape index (κ1) is 36.5. The molecule has 2 heterocycles. The molecule has 3 unspecified atom stereocenters. The summed E-state index contributed by atoms with van der Waals surface area (Å²) in [6.07, 6.45) is 13.1. The van der Waals surface area contributed by atoms with Crippen molar-refractivity contribution in [3.8, 4) is 33.4 Å². The average Bonchev–Trinajstić information content (AvgIpc) is 3.59. The Labute approximate surface area is 359 Å². The van der Waals surface area contributed by atoms with Crippen LogP contribution < -0.4 is 5.32 Å². The quantitative estimate of drug-likeness (QED) is 0.173. The average molecular weight is 791 g/mol. The maximum atomic E-state index is 5.37. The molecular weight excluding hydrogens is 745 g/mol. The van der Waals surface area contributed by atoms with Crippen molar-refractivity contribution >= 4 is 35.3 Å². The molecule has 60 heavy (non-hydrogen) atoms. The van der Waals surface area contributed by atoms with Gasteiger partial charge in [-0.25, -0.2) is 0 Å². The molecule has 0 fully saturated rings. The molecule has 2 bridgehead atoms. The number of aryl methyl sites for hydroxylation is 1. The second-order valence-electron chi connectivity index (χ2n) is 16.9. The van der Waals surface area contributed by atoms with Gasteiger partial charge < -0.3 is 10.2 Å². The first-order valence-electron chi connectivity index (χ1n) is 21.1. The van der Waals surface area contributed by atoms with E-state index in [9.17, 15) is 0 Å². The Hall–Kier alpha value is -6.55. The van der Waals surface area contributed by atoms with Crippen LogP contribution >= 0.6 is 12.6 Å². The summed E-state index contributed by atoms with van der Waals surface area (Å²) in [5.74, 6) is 0.547. The van der Waals surface area contributed by atoms with Crippen molar-refractivity contribution in [1.82, 2.24) is 4.90 Å². The lowest BCUT2D eigenvalue weighted by molar-refractivity contribution is 0.445. The van der Waals surface area contributed by atoms with Crippen LogP contribution in [0.2, 0.25) is 0 Å². The maximum absolute atomic E-state index is 5.37. The van der Waals surface area contributed by atoms with E-state index in [1.54, 1.807) is 0 Å². The van der Waals surface area contributed by atoms with Gasteiger partial charge in [0.05, 0.1) is 11.5 Å². The van der Waals surface area contributed by atoms with Crippen molar-refractivity contribution in [1.29, 1.82) is 0 Å². The van der Waals surface area contributed by atoms with Gasteiger partial charge in [0.2, 0.25) is 0 Å². The van der Waals surface area contributed by atoms with Gasteiger partial charge in [-0.3, -0.25) is 0 Å². The van der Waals surface area contributed by atoms with E-state index < -0.39 is 5.41 Å². The summed E-state index contributed by atoms with van der Waals surface area (Å²) in [6, 6.07) is 58.6. The van der Waals surface area contributed by atoms with Crippen LogP contribution in [0.4, 0.5) is 11.4 Å². The number of nitrogens with one attached hydrogen (secondary N) is 1. The SMILES string of the molecule is Cc1ccc(C2=CC(c3ccc4c(c3)C3(c5cc(-c6ccccc6)c(S)c(c5)-c5ccccc5Nc5ccccc53)c3ccccc3-4)=CC(C3=CCC(C)C=C3)N2C)cc1. The smallest absolute Gasteiger partial charge is 0.0734 e. The minimum atomic E-state index is -0.660. The van der Waals surface area contributed by atoms with Crippen LogP contribution in [-0.2, 0) is 5.41 Å². The van der Waals surface area contributed by atoms with Crippen molar-refractivity contribution in [2.75, 3.05) is 12.4 Å². The Balaban J connectivity index is 1.21. The van der Waals surface area contributed by atoms with E-state index in [1.165, 1.54) is 66.9 Å². The van der Waals surface area contributed by atoms with Gasteiger partial charge in [-0.15, -0.1) is 12.6 Å². The molecule has 0 aromatic heterocycles. The highest BCUT2D eigenvalue weighted by Gasteiger charge is 2.48. The molecule has 7 aromatic carbocycles. The number of likely N-dealkylation sites (N-methyl/N-ethyl adjacent to an activating group) is 1. The number of allylic oxidation sites excluding steroid dienone is 4. The number of thiol groups is 1. The van der Waals surface area contributed by atoms with E-state index >= 15 is 0 Å². The van der Waals surface area contributed by atoms with E-state index in [2.05, 4.69) is 219 Å². The van der Waals surface area contributed by atoms with Gasteiger partial charge in [-0.05, 0) is 134 Å². The van der Waals surface area contributed by atoms with Crippen molar-refractivity contribution in [3.63, 3.8) is 0 Å². The van der Waals surface area contributed by atoms with E-state index in [4.69, 9.17) is 12.6 Å². The second-order valence-corrected chi connectivity index (χ2v) is 17.4. The zero-order chi connectivity index (χ0) is 40.5. The molecule has 2 aliphatic carbocycles. The summed E-state index contributed by atoms with van der Waals surface area (Å²) in [5.41, 5.74) is 21.0. The lowest BCUT2D eigenvalue weighted by atomic mass is 9.66. The van der Waals surface area contributed by atoms with Gasteiger partial charge in [-0.2, -0.15) is 0 Å². The fourth-order valence-corrected chi connectivity index (χ4v) is 10.6. The molecule has 1 N–H and O–H groups in total. The number of anilines is 2. The molecule has 2 nitrogen and oxygen atoms in total. The molecular formula is C57H46N2S. The molecule has 0 radical (unpaired) electrons. The summed E-state index contributed by atoms with van der Waals surface area (Å²) in [7, 11) is 2.25.